The van der Waals surface area contributed by atoms with E-state index in [9.17, 15) is 4.55 Å². The third-order valence-corrected chi connectivity index (χ3v) is 9.87. The molecular weight excluding hydrogens is 571 g/mol. The highest BCUT2D eigenvalue weighted by Gasteiger charge is 2.43. The molecule has 0 aliphatic carbocycles. The number of ether oxygens (including phenoxy) is 2. The van der Waals surface area contributed by atoms with Crippen LogP contribution in [0.4, 0.5) is 10.1 Å². The molecule has 11 heteroatoms. The lowest BCUT2D eigenvalue weighted by Gasteiger charge is -2.28. The van der Waals surface area contributed by atoms with Crippen molar-refractivity contribution in [1.82, 2.24) is 14.7 Å². The van der Waals surface area contributed by atoms with Crippen LogP contribution in [0, 0.1) is 5.82 Å². The maximum absolute atomic E-state index is 15.4. The third-order valence-electron chi connectivity index (χ3n) is 6.76. The first kappa shape index (κ1) is 29.2. The molecule has 3 aromatic heterocycles. The third kappa shape index (κ3) is 5.59. The summed E-state index contributed by atoms with van der Waals surface area (Å²) in [5.41, 5.74) is 7.81. The first-order valence-corrected chi connectivity index (χ1v) is 15.1. The van der Waals surface area contributed by atoms with E-state index in [1.807, 2.05) is 77.9 Å². The molecule has 0 bridgehead atoms. The van der Waals surface area contributed by atoms with Crippen LogP contribution in [0.15, 0.2) is 48.8 Å². The summed E-state index contributed by atoms with van der Waals surface area (Å²) in [5.74, 6) is -1.37. The highest BCUT2D eigenvalue weighted by molar-refractivity contribution is 7.90. The van der Waals surface area contributed by atoms with Gasteiger partial charge in [-0.05, 0) is 70.7 Å². The number of anilines is 1. The summed E-state index contributed by atoms with van der Waals surface area (Å²) in [6.45, 7) is 11.7. The molecule has 1 aliphatic heterocycles. The number of aromatic nitrogens is 2. The number of benzene rings is 1. The van der Waals surface area contributed by atoms with Gasteiger partial charge in [0.25, 0.3) is 0 Å². The number of pyridine rings is 2. The van der Waals surface area contributed by atoms with Gasteiger partial charge < -0.3 is 19.8 Å². The number of fused-ring (bicyclic) bond motifs is 1. The molecule has 0 amide bonds. The highest BCUT2D eigenvalue weighted by Crippen LogP contribution is 2.43. The summed E-state index contributed by atoms with van der Waals surface area (Å²) in [6, 6.07) is 11.0. The number of rotatable bonds is 6. The summed E-state index contributed by atoms with van der Waals surface area (Å²) < 4.78 is 44.1. The van der Waals surface area contributed by atoms with Gasteiger partial charge in [0.1, 0.15) is 21.5 Å². The van der Waals surface area contributed by atoms with Crippen LogP contribution < -0.4 is 10.5 Å². The maximum Gasteiger partial charge on any atom is 0.164 e. The molecule has 7 nitrogen and oxygen atoms in total. The van der Waals surface area contributed by atoms with Gasteiger partial charge >= 0.3 is 0 Å². The highest BCUT2D eigenvalue weighted by atomic mass is 35.5. The van der Waals surface area contributed by atoms with Gasteiger partial charge in [-0.25, -0.2) is 9.37 Å². The molecule has 40 heavy (non-hydrogen) atoms. The molecule has 0 radical (unpaired) electrons. The average molecular weight is 603 g/mol. The van der Waals surface area contributed by atoms with Gasteiger partial charge in [-0.3, -0.25) is 4.98 Å². The van der Waals surface area contributed by atoms with E-state index in [4.69, 9.17) is 26.8 Å². The Bertz CT molecular complexity index is 1570. The van der Waals surface area contributed by atoms with Crippen molar-refractivity contribution in [2.45, 2.75) is 63.7 Å². The van der Waals surface area contributed by atoms with Crippen molar-refractivity contribution in [2.24, 2.45) is 0 Å². The molecule has 1 aromatic carbocycles. The number of nitrogens with two attached hydrogens (primary N) is 1. The van der Waals surface area contributed by atoms with E-state index in [1.54, 1.807) is 6.20 Å². The van der Waals surface area contributed by atoms with E-state index >= 15 is 4.39 Å². The van der Waals surface area contributed by atoms with Crippen molar-refractivity contribution >= 4 is 50.1 Å². The zero-order chi connectivity index (χ0) is 29.0. The molecule has 1 saturated heterocycles. The number of halogens is 2. The second kappa shape index (κ2) is 10.5. The van der Waals surface area contributed by atoms with E-state index in [1.165, 1.54) is 17.5 Å². The van der Waals surface area contributed by atoms with Gasteiger partial charge in [0.15, 0.2) is 11.6 Å². The Balaban J connectivity index is 1.62. The van der Waals surface area contributed by atoms with E-state index in [2.05, 4.69) is 14.7 Å². The molecule has 4 heterocycles. The van der Waals surface area contributed by atoms with E-state index in [0.717, 1.165) is 26.9 Å². The van der Waals surface area contributed by atoms with Crippen LogP contribution in [-0.4, -0.2) is 31.7 Å². The number of nitrogens with zero attached hydrogens (tertiary/aromatic N) is 2. The Morgan fingerprint density at radius 3 is 2.62 bits per heavy atom. The van der Waals surface area contributed by atoms with Crippen molar-refractivity contribution in [3.8, 4) is 11.3 Å². The normalized spacial score (nSPS) is 20.6. The second-order valence-electron chi connectivity index (χ2n) is 11.5. The lowest BCUT2D eigenvalue weighted by Crippen LogP contribution is -2.41. The van der Waals surface area contributed by atoms with Crippen LogP contribution >= 0.6 is 22.9 Å². The number of nitrogens with one attached hydrogen (secondary N) is 1. The van der Waals surface area contributed by atoms with Crippen molar-refractivity contribution in [3.05, 3.63) is 75.8 Å². The smallest absolute Gasteiger partial charge is 0.164 e. The minimum Gasteiger partial charge on any atom is -0.598 e. The van der Waals surface area contributed by atoms with E-state index in [0.29, 0.717) is 11.5 Å². The molecular formula is C29H32ClFN4O3S2. The van der Waals surface area contributed by atoms with Crippen LogP contribution in [-0.2, 0) is 26.4 Å². The molecule has 212 valence electrons. The fourth-order valence-electron chi connectivity index (χ4n) is 4.68. The standard InChI is InChI=1S/C29H32ClFN4O3S2/c1-27(2,3)40(36)35-24(22-23(31)19(32)14-34-26(22)30)21-12-16-8-7-9-18(25(16)39-21)20-13-17(10-11-33-20)29(6)15-37-28(4,5)38-29/h7-14,24,35H,15,32H2,1-6H3. The minimum atomic E-state index is -1.55. The van der Waals surface area contributed by atoms with Crippen LogP contribution in [0.5, 0.6) is 0 Å². The van der Waals surface area contributed by atoms with Crippen LogP contribution in [0.2, 0.25) is 5.15 Å². The second-order valence-corrected chi connectivity index (χ2v) is 14.9. The predicted octanol–water partition coefficient (Wildman–Crippen LogP) is 6.87. The number of hydrogen-bond acceptors (Lipinski definition) is 8. The van der Waals surface area contributed by atoms with Gasteiger partial charge in [-0.15, -0.1) is 16.1 Å². The Hall–Kier alpha value is -2.31. The summed E-state index contributed by atoms with van der Waals surface area (Å²) >= 11 is 6.31. The fourth-order valence-corrected chi connectivity index (χ4v) is 7.05. The molecule has 3 N–H and O–H groups in total. The van der Waals surface area contributed by atoms with Crippen LogP contribution in [0.25, 0.3) is 21.3 Å². The number of nitrogen functional groups attached to an aromatic ring is 1. The zero-order valence-corrected chi connectivity index (χ0v) is 25.6. The SMILES string of the molecule is CC1(C)OCC(C)(c2ccnc(-c3cccc4cc(C(N[S+]([O-])C(C)(C)C)c5c(Cl)ncc(N)c5F)sc34)c2)O1. The lowest BCUT2D eigenvalue weighted by atomic mass is 9.96. The quantitative estimate of drug-likeness (QED) is 0.183. The molecule has 5 rings (SSSR count). The molecule has 0 saturated carbocycles. The van der Waals surface area contributed by atoms with Crippen molar-refractivity contribution < 1.29 is 18.4 Å². The zero-order valence-electron chi connectivity index (χ0n) is 23.2. The van der Waals surface area contributed by atoms with Gasteiger partial charge in [-0.2, -0.15) is 0 Å². The predicted molar refractivity (Wildman–Crippen MR) is 160 cm³/mol. The first-order chi connectivity index (χ1) is 18.7. The summed E-state index contributed by atoms with van der Waals surface area (Å²) in [6.07, 6.45) is 2.95. The maximum atomic E-state index is 15.4. The lowest BCUT2D eigenvalue weighted by molar-refractivity contribution is -0.159. The van der Waals surface area contributed by atoms with Crippen molar-refractivity contribution in [3.63, 3.8) is 0 Å². The number of thiophene rings is 1. The van der Waals surface area contributed by atoms with Crippen LogP contribution in [0.1, 0.15) is 63.6 Å². The van der Waals surface area contributed by atoms with Gasteiger partial charge in [-0.1, -0.05) is 29.8 Å². The van der Waals surface area contributed by atoms with Gasteiger partial charge in [0.05, 0.1) is 29.7 Å². The molecule has 3 unspecified atom stereocenters. The average Bonchev–Trinajstić information content (AvgIpc) is 3.45. The Morgan fingerprint density at radius 1 is 1.20 bits per heavy atom. The monoisotopic (exact) mass is 602 g/mol. The van der Waals surface area contributed by atoms with Gasteiger partial charge in [0, 0.05) is 32.7 Å². The molecule has 3 atom stereocenters. The van der Waals surface area contributed by atoms with Crippen LogP contribution in [0.3, 0.4) is 0 Å². The van der Waals surface area contributed by atoms with E-state index < -0.39 is 39.4 Å². The van der Waals surface area contributed by atoms with Crippen molar-refractivity contribution in [1.29, 1.82) is 0 Å². The first-order valence-electron chi connectivity index (χ1n) is 12.8. The Morgan fingerprint density at radius 2 is 1.95 bits per heavy atom. The Labute approximate surface area is 245 Å². The largest absolute Gasteiger partial charge is 0.598 e. The molecule has 4 aromatic rings. The molecule has 1 aliphatic rings. The summed E-state index contributed by atoms with van der Waals surface area (Å²) in [4.78, 5) is 9.46. The minimum absolute atomic E-state index is 0.0443. The summed E-state index contributed by atoms with van der Waals surface area (Å²) in [7, 11) is 0. The Kier molecular flexibility index (Phi) is 7.67. The van der Waals surface area contributed by atoms with Crippen molar-refractivity contribution in [2.75, 3.05) is 12.3 Å². The molecule has 0 spiro atoms. The fraction of sp³-hybridized carbons (Fsp3) is 0.379. The van der Waals surface area contributed by atoms with E-state index in [-0.39, 0.29) is 16.4 Å². The van der Waals surface area contributed by atoms with Gasteiger partial charge in [0.2, 0.25) is 0 Å². The summed E-state index contributed by atoms with van der Waals surface area (Å²) in [5, 5.41) is 0.885. The number of hydrogen-bond donors (Lipinski definition) is 2. The topological polar surface area (TPSA) is 105 Å². The molecule has 1 fully saturated rings.